The normalized spacial score (nSPS) is 17.2. The smallest absolute Gasteiger partial charge is 0.240 e. The average Bonchev–Trinajstić information content (AvgIpc) is 2.84. The fourth-order valence-electron chi connectivity index (χ4n) is 2.45. The number of para-hydroxylation sites is 1. The van der Waals surface area contributed by atoms with E-state index in [9.17, 15) is 4.79 Å². The van der Waals surface area contributed by atoms with Crippen LogP contribution in [0.4, 0.5) is 0 Å². The molecule has 1 aliphatic carbocycles. The number of hydrogen-bond donors (Lipinski definition) is 2. The lowest BCUT2D eigenvalue weighted by molar-refractivity contribution is -0.126. The van der Waals surface area contributed by atoms with Crippen molar-refractivity contribution in [2.75, 3.05) is 13.2 Å². The molecule has 0 bridgehead atoms. The maximum Gasteiger partial charge on any atom is 0.240 e. The minimum absolute atomic E-state index is 0.0432. The number of carbonyl (C=O) groups excluding carboxylic acids is 1. The molecular weight excluding hydrogens is 240 g/mol. The Labute approximate surface area is 114 Å². The van der Waals surface area contributed by atoms with Crippen LogP contribution in [0.25, 0.3) is 0 Å². The van der Waals surface area contributed by atoms with E-state index in [4.69, 9.17) is 10.5 Å². The van der Waals surface area contributed by atoms with Crippen molar-refractivity contribution in [2.24, 2.45) is 5.73 Å². The van der Waals surface area contributed by atoms with E-state index < -0.39 is 5.54 Å². The summed E-state index contributed by atoms with van der Waals surface area (Å²) in [7, 11) is 0. The summed E-state index contributed by atoms with van der Waals surface area (Å²) in [6.45, 7) is 2.96. The van der Waals surface area contributed by atoms with Crippen LogP contribution in [-0.4, -0.2) is 24.6 Å². The number of amides is 1. The molecule has 1 amide bonds. The highest BCUT2D eigenvalue weighted by Crippen LogP contribution is 2.27. The zero-order valence-corrected chi connectivity index (χ0v) is 11.4. The topological polar surface area (TPSA) is 64.3 Å². The zero-order valence-electron chi connectivity index (χ0n) is 11.4. The Hall–Kier alpha value is -1.55. The van der Waals surface area contributed by atoms with Gasteiger partial charge in [0.25, 0.3) is 0 Å². The second-order valence-corrected chi connectivity index (χ2v) is 5.23. The third kappa shape index (κ3) is 3.47. The van der Waals surface area contributed by atoms with Gasteiger partial charge in [0.1, 0.15) is 12.4 Å². The lowest BCUT2D eigenvalue weighted by atomic mass is 9.98. The van der Waals surface area contributed by atoms with Gasteiger partial charge in [0.05, 0.1) is 12.1 Å². The van der Waals surface area contributed by atoms with Gasteiger partial charge >= 0.3 is 0 Å². The number of nitrogens with two attached hydrogens (primary N) is 1. The summed E-state index contributed by atoms with van der Waals surface area (Å²) in [6, 6.07) is 7.84. The first-order chi connectivity index (χ1) is 9.12. The molecule has 0 saturated heterocycles. The van der Waals surface area contributed by atoms with Crippen LogP contribution in [0.15, 0.2) is 24.3 Å². The summed E-state index contributed by atoms with van der Waals surface area (Å²) in [4.78, 5) is 12.0. The highest BCUT2D eigenvalue weighted by molar-refractivity contribution is 5.86. The van der Waals surface area contributed by atoms with Crippen LogP contribution in [0.1, 0.15) is 31.2 Å². The predicted molar refractivity (Wildman–Crippen MR) is 75.1 cm³/mol. The Morgan fingerprint density at radius 1 is 1.37 bits per heavy atom. The number of aryl methyl sites for hydroxylation is 1. The summed E-state index contributed by atoms with van der Waals surface area (Å²) < 4.78 is 5.63. The largest absolute Gasteiger partial charge is 0.491 e. The molecule has 0 aliphatic heterocycles. The number of carbonyl (C=O) groups is 1. The van der Waals surface area contributed by atoms with Crippen LogP contribution >= 0.6 is 0 Å². The first-order valence-electron chi connectivity index (χ1n) is 6.87. The van der Waals surface area contributed by atoms with Gasteiger partial charge in [-0.2, -0.15) is 0 Å². The zero-order chi connectivity index (χ0) is 13.7. The predicted octanol–water partition coefficient (Wildman–Crippen LogP) is 1.76. The standard InChI is InChI=1S/C15H22N2O2/c1-12-6-2-3-7-13(12)19-11-10-17-14(18)15(16)8-4-5-9-15/h2-3,6-7H,4-5,8-11,16H2,1H3,(H,17,18). The molecule has 1 aliphatic rings. The summed E-state index contributed by atoms with van der Waals surface area (Å²) >= 11 is 0. The molecule has 1 saturated carbocycles. The molecule has 0 spiro atoms. The number of ether oxygens (including phenoxy) is 1. The van der Waals surface area contributed by atoms with Gasteiger partial charge in [0, 0.05) is 0 Å². The van der Waals surface area contributed by atoms with Crippen molar-refractivity contribution in [3.8, 4) is 5.75 Å². The van der Waals surface area contributed by atoms with Gasteiger partial charge in [0.2, 0.25) is 5.91 Å². The van der Waals surface area contributed by atoms with Crippen LogP contribution in [-0.2, 0) is 4.79 Å². The second kappa shape index (κ2) is 6.06. The van der Waals surface area contributed by atoms with E-state index in [0.29, 0.717) is 13.2 Å². The quantitative estimate of drug-likeness (QED) is 0.795. The number of benzene rings is 1. The fourth-order valence-corrected chi connectivity index (χ4v) is 2.45. The third-order valence-electron chi connectivity index (χ3n) is 3.69. The van der Waals surface area contributed by atoms with E-state index in [1.54, 1.807) is 0 Å². The molecule has 1 fully saturated rings. The Morgan fingerprint density at radius 3 is 2.74 bits per heavy atom. The Bertz CT molecular complexity index is 440. The molecule has 0 heterocycles. The van der Waals surface area contributed by atoms with E-state index in [1.807, 2.05) is 31.2 Å². The SMILES string of the molecule is Cc1ccccc1OCCNC(=O)C1(N)CCCC1. The molecular formula is C15H22N2O2. The van der Waals surface area contributed by atoms with Crippen molar-refractivity contribution in [3.63, 3.8) is 0 Å². The van der Waals surface area contributed by atoms with Gasteiger partial charge in [0.15, 0.2) is 0 Å². The van der Waals surface area contributed by atoms with Crippen molar-refractivity contribution in [3.05, 3.63) is 29.8 Å². The first kappa shape index (κ1) is 13.9. The van der Waals surface area contributed by atoms with E-state index in [2.05, 4.69) is 5.32 Å². The minimum atomic E-state index is -0.650. The van der Waals surface area contributed by atoms with Crippen LogP contribution in [0.2, 0.25) is 0 Å². The molecule has 1 aromatic rings. The number of rotatable bonds is 5. The fraction of sp³-hybridized carbons (Fsp3) is 0.533. The summed E-state index contributed by atoms with van der Waals surface area (Å²) in [5.41, 5.74) is 6.51. The molecule has 104 valence electrons. The molecule has 2 rings (SSSR count). The number of hydrogen-bond acceptors (Lipinski definition) is 3. The van der Waals surface area contributed by atoms with Crippen molar-refractivity contribution in [1.82, 2.24) is 5.32 Å². The molecule has 0 radical (unpaired) electrons. The van der Waals surface area contributed by atoms with Crippen molar-refractivity contribution in [1.29, 1.82) is 0 Å². The van der Waals surface area contributed by atoms with Crippen LogP contribution in [0.5, 0.6) is 5.75 Å². The van der Waals surface area contributed by atoms with Crippen LogP contribution < -0.4 is 15.8 Å². The van der Waals surface area contributed by atoms with Gasteiger partial charge in [-0.25, -0.2) is 0 Å². The molecule has 4 heteroatoms. The first-order valence-corrected chi connectivity index (χ1v) is 6.87. The summed E-state index contributed by atoms with van der Waals surface area (Å²) in [5, 5.41) is 2.87. The lowest BCUT2D eigenvalue weighted by Crippen LogP contribution is -2.52. The Morgan fingerprint density at radius 2 is 2.05 bits per heavy atom. The van der Waals surface area contributed by atoms with E-state index in [1.165, 1.54) is 0 Å². The maximum absolute atomic E-state index is 12.0. The highest BCUT2D eigenvalue weighted by atomic mass is 16.5. The van der Waals surface area contributed by atoms with Gasteiger partial charge in [-0.1, -0.05) is 31.0 Å². The molecule has 1 aromatic carbocycles. The summed E-state index contributed by atoms with van der Waals surface area (Å²) in [6.07, 6.45) is 3.67. The molecule has 19 heavy (non-hydrogen) atoms. The van der Waals surface area contributed by atoms with E-state index in [-0.39, 0.29) is 5.91 Å². The highest BCUT2D eigenvalue weighted by Gasteiger charge is 2.36. The van der Waals surface area contributed by atoms with Crippen molar-refractivity contribution < 1.29 is 9.53 Å². The molecule has 4 nitrogen and oxygen atoms in total. The molecule has 0 aromatic heterocycles. The Balaban J connectivity index is 1.72. The molecule has 0 unspecified atom stereocenters. The van der Waals surface area contributed by atoms with E-state index >= 15 is 0 Å². The lowest BCUT2D eigenvalue weighted by Gasteiger charge is -2.22. The summed E-state index contributed by atoms with van der Waals surface area (Å²) in [5.74, 6) is 0.818. The second-order valence-electron chi connectivity index (χ2n) is 5.23. The maximum atomic E-state index is 12.0. The third-order valence-corrected chi connectivity index (χ3v) is 3.69. The minimum Gasteiger partial charge on any atom is -0.491 e. The van der Waals surface area contributed by atoms with Crippen LogP contribution in [0.3, 0.4) is 0 Å². The number of nitrogens with one attached hydrogen (secondary N) is 1. The monoisotopic (exact) mass is 262 g/mol. The molecule has 0 atom stereocenters. The van der Waals surface area contributed by atoms with Gasteiger partial charge in [-0.3, -0.25) is 4.79 Å². The Kier molecular flexibility index (Phi) is 4.43. The van der Waals surface area contributed by atoms with E-state index in [0.717, 1.165) is 37.0 Å². The van der Waals surface area contributed by atoms with Crippen molar-refractivity contribution >= 4 is 5.91 Å². The van der Waals surface area contributed by atoms with Crippen molar-refractivity contribution in [2.45, 2.75) is 38.1 Å². The van der Waals surface area contributed by atoms with Crippen LogP contribution in [0, 0.1) is 6.92 Å². The van der Waals surface area contributed by atoms with Gasteiger partial charge in [-0.15, -0.1) is 0 Å². The average molecular weight is 262 g/mol. The van der Waals surface area contributed by atoms with Gasteiger partial charge in [-0.05, 0) is 31.4 Å². The van der Waals surface area contributed by atoms with Gasteiger partial charge < -0.3 is 15.8 Å². The molecule has 3 N–H and O–H groups in total.